The Morgan fingerprint density at radius 1 is 0.811 bits per heavy atom. The number of halogens is 9. The van der Waals surface area contributed by atoms with Crippen LogP contribution >= 0.6 is 0 Å². The monoisotopic (exact) mass is 543 g/mol. The van der Waals surface area contributed by atoms with E-state index in [1.807, 2.05) is 0 Å². The lowest BCUT2D eigenvalue weighted by Gasteiger charge is -2.29. The molecule has 1 aliphatic heterocycles. The van der Waals surface area contributed by atoms with Gasteiger partial charge in [0.2, 0.25) is 5.96 Å². The molecule has 0 radical (unpaired) electrons. The Morgan fingerprint density at radius 3 is 1.78 bits per heavy atom. The molecule has 0 fully saturated rings. The Balaban J connectivity index is 2.11. The summed E-state index contributed by atoms with van der Waals surface area (Å²) < 4.78 is 120. The van der Waals surface area contributed by atoms with Gasteiger partial charge in [0.25, 0.3) is 0 Å². The van der Waals surface area contributed by atoms with Crippen LogP contribution in [-0.2, 0) is 37.2 Å². The van der Waals surface area contributed by atoms with E-state index in [0.717, 1.165) is 23.1 Å². The molecule has 0 atom stereocenters. The molecular formula is C22H22F9N5O. The van der Waals surface area contributed by atoms with Crippen LogP contribution in [0.5, 0.6) is 0 Å². The molecule has 0 aliphatic carbocycles. The van der Waals surface area contributed by atoms with Crippen LogP contribution in [-0.4, -0.2) is 28.1 Å². The van der Waals surface area contributed by atoms with Gasteiger partial charge >= 0.3 is 18.5 Å². The van der Waals surface area contributed by atoms with Crippen molar-refractivity contribution in [2.75, 3.05) is 7.05 Å². The van der Waals surface area contributed by atoms with Gasteiger partial charge in [-0.2, -0.15) is 39.5 Å². The van der Waals surface area contributed by atoms with E-state index in [2.05, 4.69) is 16.1 Å². The summed E-state index contributed by atoms with van der Waals surface area (Å²) >= 11 is 0. The third-order valence-corrected chi connectivity index (χ3v) is 5.35. The summed E-state index contributed by atoms with van der Waals surface area (Å²) in [7, 11) is 1.45. The van der Waals surface area contributed by atoms with E-state index >= 15 is 0 Å². The first-order valence-electron chi connectivity index (χ1n) is 10.5. The number of nitrogens with zero attached hydrogens (tertiary/aromatic N) is 3. The number of aliphatic hydroxyl groups is 1. The highest BCUT2D eigenvalue weighted by atomic mass is 19.4. The minimum absolute atomic E-state index is 0.0201. The highest BCUT2D eigenvalue weighted by Gasteiger charge is 2.37. The summed E-state index contributed by atoms with van der Waals surface area (Å²) in [5.74, 6) is -0.0902. The van der Waals surface area contributed by atoms with Crippen molar-refractivity contribution in [1.82, 2.24) is 21.0 Å². The van der Waals surface area contributed by atoms with Crippen molar-refractivity contribution in [3.05, 3.63) is 69.8 Å². The van der Waals surface area contributed by atoms with E-state index in [1.54, 1.807) is 0 Å². The summed E-state index contributed by atoms with van der Waals surface area (Å²) in [5, 5.41) is 15.6. The van der Waals surface area contributed by atoms with Crippen LogP contribution in [0.1, 0.15) is 47.2 Å². The summed E-state index contributed by atoms with van der Waals surface area (Å²) in [6.45, 7) is 1.59. The average molecular weight is 543 g/mol. The lowest BCUT2D eigenvalue weighted by molar-refractivity contribution is -0.143. The number of nitrogens with one attached hydrogen (secondary N) is 2. The molecular weight excluding hydrogens is 521 g/mol. The van der Waals surface area contributed by atoms with Gasteiger partial charge in [0, 0.05) is 20.1 Å². The molecule has 0 spiro atoms. The number of guanidine groups is 1. The molecule has 3 N–H and O–H groups in total. The second kappa shape index (κ2) is 9.59. The predicted molar refractivity (Wildman–Crippen MR) is 114 cm³/mol. The van der Waals surface area contributed by atoms with Gasteiger partial charge in [-0.05, 0) is 60.9 Å². The predicted octanol–water partition coefficient (Wildman–Crippen LogP) is 5.20. The second-order valence-electron chi connectivity index (χ2n) is 8.91. The third kappa shape index (κ3) is 6.97. The number of alkyl halides is 9. The van der Waals surface area contributed by atoms with Crippen molar-refractivity contribution in [1.29, 1.82) is 0 Å². The molecule has 204 valence electrons. The normalized spacial score (nSPS) is 15.3. The number of benzene rings is 2. The standard InChI is InChI=1S/C22H22F9N5O/c1-19(2,37)17-5-4-14(20(23,24)25)8-13(17)11-36(18-32-34-35(3)33-18)10-12-6-15(21(26,27)28)9-16(7-12)22(29,30)31/h4-9,34,37H,10-11H2,1-3H3,(H,32,33). The van der Waals surface area contributed by atoms with Crippen LogP contribution in [0.3, 0.4) is 0 Å². The van der Waals surface area contributed by atoms with E-state index in [1.165, 1.54) is 26.0 Å². The van der Waals surface area contributed by atoms with E-state index in [9.17, 15) is 44.6 Å². The van der Waals surface area contributed by atoms with Crippen LogP contribution in [0, 0.1) is 0 Å². The largest absolute Gasteiger partial charge is 0.416 e. The lowest BCUT2D eigenvalue weighted by atomic mass is 9.91. The molecule has 0 amide bonds. The van der Waals surface area contributed by atoms with Gasteiger partial charge in [-0.1, -0.05) is 6.07 Å². The van der Waals surface area contributed by atoms with E-state index in [-0.39, 0.29) is 23.2 Å². The third-order valence-electron chi connectivity index (χ3n) is 5.35. The fourth-order valence-electron chi connectivity index (χ4n) is 3.70. The Labute approximate surface area is 205 Å². The van der Waals surface area contributed by atoms with E-state index in [4.69, 9.17) is 0 Å². The van der Waals surface area contributed by atoms with Crippen LogP contribution in [0.2, 0.25) is 0 Å². The Morgan fingerprint density at radius 2 is 1.35 bits per heavy atom. The van der Waals surface area contributed by atoms with Crippen LogP contribution in [0.15, 0.2) is 41.5 Å². The molecule has 0 unspecified atom stereocenters. The molecule has 6 nitrogen and oxygen atoms in total. The number of hydrogen-bond acceptors (Lipinski definition) is 6. The summed E-state index contributed by atoms with van der Waals surface area (Å²) in [6, 6.07) is 3.63. The molecule has 3 rings (SSSR count). The average Bonchev–Trinajstić information content (AvgIpc) is 3.16. The maximum absolute atomic E-state index is 13.4. The van der Waals surface area contributed by atoms with Gasteiger partial charge in [0.15, 0.2) is 0 Å². The van der Waals surface area contributed by atoms with Gasteiger partial charge < -0.3 is 10.0 Å². The molecule has 0 saturated carbocycles. The SMILES string of the molecule is CN1NN=C(N(Cc2cc(C(F)(F)F)cc(C(F)(F)F)c2)Cc2cc(C(F)(F)F)ccc2C(C)(C)O)N1. The van der Waals surface area contributed by atoms with Crippen LogP contribution in [0.25, 0.3) is 0 Å². The molecule has 2 aromatic carbocycles. The Bertz CT molecular complexity index is 1130. The minimum Gasteiger partial charge on any atom is -0.386 e. The highest BCUT2D eigenvalue weighted by molar-refractivity contribution is 5.80. The molecule has 0 bridgehead atoms. The van der Waals surface area contributed by atoms with Gasteiger partial charge in [0.1, 0.15) is 0 Å². The zero-order valence-corrected chi connectivity index (χ0v) is 19.6. The Hall–Kier alpha value is -3.20. The van der Waals surface area contributed by atoms with E-state index in [0.29, 0.717) is 12.1 Å². The van der Waals surface area contributed by atoms with Gasteiger partial charge in [0.05, 0.1) is 22.3 Å². The van der Waals surface area contributed by atoms with Crippen LogP contribution < -0.4 is 11.0 Å². The van der Waals surface area contributed by atoms with Gasteiger partial charge in [-0.15, -0.1) is 10.2 Å². The van der Waals surface area contributed by atoms with Crippen molar-refractivity contribution < 1.29 is 44.6 Å². The molecule has 37 heavy (non-hydrogen) atoms. The topological polar surface area (TPSA) is 63.1 Å². The van der Waals surface area contributed by atoms with Crippen LogP contribution in [0.4, 0.5) is 39.5 Å². The van der Waals surface area contributed by atoms with Gasteiger partial charge in [-0.3, -0.25) is 5.43 Å². The smallest absolute Gasteiger partial charge is 0.386 e. The summed E-state index contributed by atoms with van der Waals surface area (Å²) in [4.78, 5) is 1.15. The first-order valence-corrected chi connectivity index (χ1v) is 10.5. The quantitative estimate of drug-likeness (QED) is 0.453. The second-order valence-corrected chi connectivity index (χ2v) is 8.91. The fraction of sp³-hybridized carbons (Fsp3) is 0.409. The molecule has 0 aromatic heterocycles. The zero-order chi connectivity index (χ0) is 28.0. The fourth-order valence-corrected chi connectivity index (χ4v) is 3.70. The molecule has 15 heteroatoms. The minimum atomic E-state index is -5.08. The van der Waals surface area contributed by atoms with Crippen molar-refractivity contribution in [3.8, 4) is 0 Å². The first kappa shape index (κ1) is 28.4. The lowest BCUT2D eigenvalue weighted by Crippen LogP contribution is -2.44. The zero-order valence-electron chi connectivity index (χ0n) is 19.6. The maximum Gasteiger partial charge on any atom is 0.416 e. The number of rotatable bonds is 5. The number of hydrazone groups is 1. The Kier molecular flexibility index (Phi) is 7.36. The highest BCUT2D eigenvalue weighted by Crippen LogP contribution is 2.37. The van der Waals surface area contributed by atoms with E-state index < -0.39 is 59.5 Å². The molecule has 1 aliphatic rings. The molecule has 2 aromatic rings. The summed E-state index contributed by atoms with van der Waals surface area (Å²) in [5.41, 5.74) is -1.05. The number of hydrogen-bond donors (Lipinski definition) is 3. The first-order chi connectivity index (χ1) is 16.7. The van der Waals surface area contributed by atoms with Crippen molar-refractivity contribution in [3.63, 3.8) is 0 Å². The summed E-state index contributed by atoms with van der Waals surface area (Å²) in [6.07, 6.45) is -14.9. The molecule has 0 saturated heterocycles. The van der Waals surface area contributed by atoms with Crippen molar-refractivity contribution in [2.24, 2.45) is 5.10 Å². The molecule has 1 heterocycles. The number of hydrazine groups is 2. The van der Waals surface area contributed by atoms with Crippen molar-refractivity contribution >= 4 is 5.96 Å². The van der Waals surface area contributed by atoms with Gasteiger partial charge in [-0.25, -0.2) is 5.53 Å². The van der Waals surface area contributed by atoms with Crippen molar-refractivity contribution in [2.45, 2.75) is 51.1 Å². The maximum atomic E-state index is 13.4.